The number of rotatable bonds is 4. The molecule has 3 heterocycles. The maximum Gasteiger partial charge on any atom is 0.204 e. The van der Waals surface area contributed by atoms with Crippen LogP contribution in [0.2, 0.25) is 0 Å². The van der Waals surface area contributed by atoms with E-state index in [0.717, 1.165) is 47.4 Å². The van der Waals surface area contributed by atoms with Gasteiger partial charge < -0.3 is 14.6 Å². The number of nitrogens with one attached hydrogen (secondary N) is 1. The summed E-state index contributed by atoms with van der Waals surface area (Å²) < 4.78 is 7.40. The molecule has 0 aliphatic carbocycles. The Morgan fingerprint density at radius 3 is 2.82 bits per heavy atom. The molecule has 7 heteroatoms. The average molecular weight is 374 g/mol. The maximum absolute atomic E-state index is 5.21. The van der Waals surface area contributed by atoms with Crippen LogP contribution in [-0.4, -0.2) is 40.8 Å². The molecule has 0 radical (unpaired) electrons. The second-order valence-corrected chi connectivity index (χ2v) is 6.57. The van der Waals surface area contributed by atoms with E-state index in [2.05, 4.69) is 31.6 Å². The fraction of sp³-hybridized carbons (Fsp3) is 0.238. The van der Waals surface area contributed by atoms with Crippen LogP contribution >= 0.6 is 0 Å². The SMILES string of the molecule is C=Nc1ccc(-c2c(-c3cccc(C)n3)nc3n2CCN3)cc1/N=C(\C)OC. The Labute approximate surface area is 163 Å². The molecule has 7 nitrogen and oxygen atoms in total. The number of aromatic nitrogens is 3. The van der Waals surface area contributed by atoms with Crippen LogP contribution in [0.15, 0.2) is 46.4 Å². The molecule has 0 fully saturated rings. The van der Waals surface area contributed by atoms with Gasteiger partial charge in [0.15, 0.2) is 5.90 Å². The van der Waals surface area contributed by atoms with E-state index in [4.69, 9.17) is 9.72 Å². The largest absolute Gasteiger partial charge is 0.484 e. The molecular formula is C21H22N6O. The minimum Gasteiger partial charge on any atom is -0.484 e. The summed E-state index contributed by atoms with van der Waals surface area (Å²) in [6.07, 6.45) is 0. The molecule has 0 unspecified atom stereocenters. The van der Waals surface area contributed by atoms with Crippen LogP contribution in [0.3, 0.4) is 0 Å². The van der Waals surface area contributed by atoms with E-state index < -0.39 is 0 Å². The van der Waals surface area contributed by atoms with Gasteiger partial charge in [0, 0.05) is 31.3 Å². The third-order valence-corrected chi connectivity index (χ3v) is 4.71. The van der Waals surface area contributed by atoms with Crippen molar-refractivity contribution in [2.45, 2.75) is 20.4 Å². The first-order valence-electron chi connectivity index (χ1n) is 9.09. The standard InChI is InChI=1S/C21H22N6O/c1-13-6-5-7-17(24-13)19-20(27-11-10-23-21(27)26-19)15-8-9-16(22-3)18(12-15)25-14(2)28-4/h5-9,12H,3,10-11H2,1-2,4H3,(H,23,26)/b25-14+. The van der Waals surface area contributed by atoms with Crippen LogP contribution in [-0.2, 0) is 11.3 Å². The monoisotopic (exact) mass is 374 g/mol. The van der Waals surface area contributed by atoms with Crippen molar-refractivity contribution in [3.05, 3.63) is 42.1 Å². The summed E-state index contributed by atoms with van der Waals surface area (Å²) in [6, 6.07) is 11.9. The summed E-state index contributed by atoms with van der Waals surface area (Å²) in [5.41, 5.74) is 6.07. The lowest BCUT2D eigenvalue weighted by molar-refractivity contribution is 0.400. The summed E-state index contributed by atoms with van der Waals surface area (Å²) in [4.78, 5) is 18.1. The van der Waals surface area contributed by atoms with Crippen molar-refractivity contribution < 1.29 is 4.74 Å². The van der Waals surface area contributed by atoms with Crippen molar-refractivity contribution in [2.24, 2.45) is 9.98 Å². The summed E-state index contributed by atoms with van der Waals surface area (Å²) in [5, 5.41) is 3.34. The van der Waals surface area contributed by atoms with E-state index in [1.165, 1.54) is 0 Å². The zero-order chi connectivity index (χ0) is 19.7. The molecule has 3 aromatic rings. The van der Waals surface area contributed by atoms with Crippen molar-refractivity contribution >= 4 is 29.9 Å². The zero-order valence-electron chi connectivity index (χ0n) is 16.2. The highest BCUT2D eigenvalue weighted by Crippen LogP contribution is 2.39. The lowest BCUT2D eigenvalue weighted by Crippen LogP contribution is -1.99. The summed E-state index contributed by atoms with van der Waals surface area (Å²) in [6.45, 7) is 9.15. The second kappa shape index (κ2) is 7.26. The minimum atomic E-state index is 0.558. The predicted octanol–water partition coefficient (Wildman–Crippen LogP) is 4.37. The maximum atomic E-state index is 5.21. The Morgan fingerprint density at radius 1 is 1.21 bits per heavy atom. The molecule has 0 bridgehead atoms. The zero-order valence-corrected chi connectivity index (χ0v) is 16.2. The van der Waals surface area contributed by atoms with Crippen LogP contribution in [0.5, 0.6) is 0 Å². The van der Waals surface area contributed by atoms with Gasteiger partial charge in [-0.1, -0.05) is 12.1 Å². The van der Waals surface area contributed by atoms with Crippen LogP contribution in [0, 0.1) is 6.92 Å². The molecule has 1 aliphatic heterocycles. The van der Waals surface area contributed by atoms with Gasteiger partial charge in [0.2, 0.25) is 5.95 Å². The van der Waals surface area contributed by atoms with Gasteiger partial charge in [-0.3, -0.25) is 9.98 Å². The van der Waals surface area contributed by atoms with E-state index in [1.54, 1.807) is 7.11 Å². The Balaban J connectivity index is 1.92. The molecule has 4 rings (SSSR count). The number of benzene rings is 1. The predicted molar refractivity (Wildman–Crippen MR) is 113 cm³/mol. The number of hydrogen-bond acceptors (Lipinski definition) is 6. The Morgan fingerprint density at radius 2 is 2.07 bits per heavy atom. The van der Waals surface area contributed by atoms with E-state index in [0.29, 0.717) is 17.3 Å². The van der Waals surface area contributed by atoms with Gasteiger partial charge in [0.05, 0.1) is 29.9 Å². The number of nitrogens with zero attached hydrogens (tertiary/aromatic N) is 5. The highest BCUT2D eigenvalue weighted by molar-refractivity contribution is 5.86. The summed E-state index contributed by atoms with van der Waals surface area (Å²) in [5.74, 6) is 1.42. The average Bonchev–Trinajstić information content (AvgIpc) is 3.29. The Bertz CT molecular complexity index is 1080. The van der Waals surface area contributed by atoms with Crippen molar-refractivity contribution in [3.8, 4) is 22.6 Å². The van der Waals surface area contributed by atoms with Gasteiger partial charge in [-0.05, 0) is 37.9 Å². The lowest BCUT2D eigenvalue weighted by Gasteiger charge is -2.10. The topological polar surface area (TPSA) is 76.7 Å². The third-order valence-electron chi connectivity index (χ3n) is 4.71. The first-order valence-corrected chi connectivity index (χ1v) is 9.09. The van der Waals surface area contributed by atoms with Crippen molar-refractivity contribution in [1.29, 1.82) is 0 Å². The van der Waals surface area contributed by atoms with Crippen molar-refractivity contribution in [2.75, 3.05) is 19.0 Å². The van der Waals surface area contributed by atoms with Crippen LogP contribution in [0.4, 0.5) is 17.3 Å². The number of anilines is 1. The summed E-state index contributed by atoms with van der Waals surface area (Å²) >= 11 is 0. The van der Waals surface area contributed by atoms with Crippen molar-refractivity contribution in [1.82, 2.24) is 14.5 Å². The molecule has 0 spiro atoms. The molecule has 28 heavy (non-hydrogen) atoms. The highest BCUT2D eigenvalue weighted by Gasteiger charge is 2.24. The van der Waals surface area contributed by atoms with E-state index in [1.807, 2.05) is 50.2 Å². The quantitative estimate of drug-likeness (QED) is 0.543. The molecule has 1 N–H and O–H groups in total. The minimum absolute atomic E-state index is 0.558. The van der Waals surface area contributed by atoms with Gasteiger partial charge in [-0.2, -0.15) is 0 Å². The van der Waals surface area contributed by atoms with Gasteiger partial charge in [0.25, 0.3) is 0 Å². The Kier molecular flexibility index (Phi) is 4.65. The van der Waals surface area contributed by atoms with Crippen LogP contribution < -0.4 is 5.32 Å². The number of methoxy groups -OCH3 is 1. The summed E-state index contributed by atoms with van der Waals surface area (Å²) in [7, 11) is 1.60. The number of fused-ring (bicyclic) bond motifs is 1. The third kappa shape index (κ3) is 3.15. The fourth-order valence-electron chi connectivity index (χ4n) is 3.34. The van der Waals surface area contributed by atoms with Crippen LogP contribution in [0.25, 0.3) is 22.6 Å². The molecular weight excluding hydrogens is 352 g/mol. The molecule has 0 saturated heterocycles. The van der Waals surface area contributed by atoms with Gasteiger partial charge in [-0.15, -0.1) is 0 Å². The van der Waals surface area contributed by atoms with E-state index in [9.17, 15) is 0 Å². The first-order chi connectivity index (χ1) is 13.6. The van der Waals surface area contributed by atoms with Gasteiger partial charge in [-0.25, -0.2) is 9.98 Å². The molecule has 0 amide bonds. The Hall–Kier alpha value is -3.48. The molecule has 0 saturated carbocycles. The number of hydrogen-bond donors (Lipinski definition) is 1. The molecule has 142 valence electrons. The van der Waals surface area contributed by atoms with Gasteiger partial charge in [0.1, 0.15) is 5.69 Å². The molecule has 0 atom stereocenters. The van der Waals surface area contributed by atoms with E-state index in [-0.39, 0.29) is 0 Å². The number of aliphatic imine (C=N–C) groups is 2. The first kappa shape index (κ1) is 17.9. The normalized spacial score (nSPS) is 13.2. The molecule has 2 aromatic heterocycles. The van der Waals surface area contributed by atoms with Crippen molar-refractivity contribution in [3.63, 3.8) is 0 Å². The molecule has 1 aromatic carbocycles. The smallest absolute Gasteiger partial charge is 0.204 e. The number of aryl methyl sites for hydroxylation is 1. The molecule has 1 aliphatic rings. The second-order valence-electron chi connectivity index (χ2n) is 6.57. The van der Waals surface area contributed by atoms with Gasteiger partial charge >= 0.3 is 0 Å². The highest BCUT2D eigenvalue weighted by atomic mass is 16.5. The fourth-order valence-corrected chi connectivity index (χ4v) is 3.34. The number of ether oxygens (including phenoxy) is 1. The van der Waals surface area contributed by atoms with Crippen LogP contribution in [0.1, 0.15) is 12.6 Å². The number of imidazole rings is 1. The number of pyridine rings is 1. The lowest BCUT2D eigenvalue weighted by atomic mass is 10.1. The van der Waals surface area contributed by atoms with E-state index >= 15 is 0 Å².